The topological polar surface area (TPSA) is 111 Å². The van der Waals surface area contributed by atoms with E-state index in [1.54, 1.807) is 13.8 Å². The molecule has 1 rings (SSSR count). The molecule has 0 aromatic heterocycles. The molecular weight excluding hydrogens is 368 g/mol. The van der Waals surface area contributed by atoms with Gasteiger partial charge in [0.2, 0.25) is 5.91 Å². The Morgan fingerprint density at radius 2 is 1.89 bits per heavy atom. The molecule has 1 aliphatic heterocycles. The van der Waals surface area contributed by atoms with Crippen LogP contribution in [0.4, 0.5) is 0 Å². The van der Waals surface area contributed by atoms with E-state index in [-0.39, 0.29) is 31.1 Å². The smallest absolute Gasteiger partial charge is 0.336 e. The van der Waals surface area contributed by atoms with Gasteiger partial charge in [0.15, 0.2) is 0 Å². The number of amides is 3. The molecule has 3 amide bonds. The summed E-state index contributed by atoms with van der Waals surface area (Å²) in [5, 5.41) is 3.16. The number of ether oxygens (including phenoxy) is 2. The Morgan fingerprint density at radius 3 is 2.46 bits per heavy atom. The van der Waals surface area contributed by atoms with Gasteiger partial charge in [0, 0.05) is 25.3 Å². The van der Waals surface area contributed by atoms with Gasteiger partial charge < -0.3 is 19.6 Å². The maximum Gasteiger partial charge on any atom is 0.336 e. The number of nitrogens with one attached hydrogen (secondary N) is 1. The van der Waals surface area contributed by atoms with E-state index in [0.29, 0.717) is 31.4 Å². The summed E-state index contributed by atoms with van der Waals surface area (Å²) in [7, 11) is 0. The van der Waals surface area contributed by atoms with Gasteiger partial charge in [0.05, 0.1) is 31.8 Å². The summed E-state index contributed by atoms with van der Waals surface area (Å²) in [6.07, 6.45) is 2.03. The van der Waals surface area contributed by atoms with Crippen molar-refractivity contribution in [1.29, 1.82) is 0 Å². The second kappa shape index (κ2) is 11.6. The van der Waals surface area contributed by atoms with E-state index in [4.69, 9.17) is 14.3 Å². The molecule has 0 saturated carbocycles. The van der Waals surface area contributed by atoms with Crippen LogP contribution >= 0.6 is 0 Å². The van der Waals surface area contributed by atoms with Crippen LogP contribution in [-0.4, -0.2) is 60.7 Å². The van der Waals surface area contributed by atoms with Gasteiger partial charge in [-0.1, -0.05) is 13.5 Å². The van der Waals surface area contributed by atoms with E-state index < -0.39 is 23.4 Å². The van der Waals surface area contributed by atoms with Crippen LogP contribution in [0.5, 0.6) is 0 Å². The molecule has 0 bridgehead atoms. The van der Waals surface area contributed by atoms with E-state index in [1.807, 2.05) is 6.92 Å². The van der Waals surface area contributed by atoms with Crippen molar-refractivity contribution in [2.75, 3.05) is 26.4 Å². The molecule has 1 atom stereocenters. The van der Waals surface area contributed by atoms with E-state index in [1.165, 1.54) is 6.08 Å². The van der Waals surface area contributed by atoms with Crippen LogP contribution in [0.3, 0.4) is 0 Å². The van der Waals surface area contributed by atoms with E-state index in [2.05, 4.69) is 11.9 Å². The molecule has 28 heavy (non-hydrogen) atoms. The van der Waals surface area contributed by atoms with Crippen LogP contribution in [0, 0.1) is 5.92 Å². The van der Waals surface area contributed by atoms with Crippen LogP contribution in [0.15, 0.2) is 12.7 Å². The lowest BCUT2D eigenvalue weighted by molar-refractivity contribution is -0.201. The maximum absolute atomic E-state index is 12.0. The predicted molar refractivity (Wildman–Crippen MR) is 99.6 cm³/mol. The molecule has 158 valence electrons. The number of nitrogens with zero attached hydrogens (tertiary/aromatic N) is 1. The van der Waals surface area contributed by atoms with E-state index >= 15 is 0 Å². The number of carbonyl (C=O) groups is 4. The maximum atomic E-state index is 12.0. The van der Waals surface area contributed by atoms with Crippen molar-refractivity contribution in [3.8, 4) is 0 Å². The van der Waals surface area contributed by atoms with E-state index in [0.717, 1.165) is 6.42 Å². The monoisotopic (exact) mass is 398 g/mol. The van der Waals surface area contributed by atoms with Crippen LogP contribution in [0.1, 0.15) is 46.5 Å². The number of hydrogen-bond acceptors (Lipinski definition) is 7. The Labute approximate surface area is 165 Å². The van der Waals surface area contributed by atoms with Crippen molar-refractivity contribution >= 4 is 23.7 Å². The first-order valence-corrected chi connectivity index (χ1v) is 9.37. The number of hydrogen-bond donors (Lipinski definition) is 1. The van der Waals surface area contributed by atoms with Crippen LogP contribution in [0.2, 0.25) is 0 Å². The van der Waals surface area contributed by atoms with Gasteiger partial charge in [0.1, 0.15) is 0 Å². The molecule has 0 radical (unpaired) electrons. The van der Waals surface area contributed by atoms with Crippen molar-refractivity contribution in [2.24, 2.45) is 5.92 Å². The quantitative estimate of drug-likeness (QED) is 0.281. The third-order valence-corrected chi connectivity index (χ3v) is 4.14. The number of imide groups is 1. The Hall–Kier alpha value is -2.26. The van der Waals surface area contributed by atoms with Gasteiger partial charge in [-0.25, -0.2) is 4.79 Å². The van der Waals surface area contributed by atoms with Crippen molar-refractivity contribution in [3.63, 3.8) is 0 Å². The lowest BCUT2D eigenvalue weighted by Crippen LogP contribution is -2.37. The number of carbonyl (C=O) groups excluding carboxylic acids is 4. The summed E-state index contributed by atoms with van der Waals surface area (Å²) in [5.41, 5.74) is -0.825. The molecule has 1 N–H and O–H groups in total. The van der Waals surface area contributed by atoms with Crippen LogP contribution in [-0.2, 0) is 33.5 Å². The molecule has 0 aliphatic carbocycles. The lowest BCUT2D eigenvalue weighted by atomic mass is 10.0. The highest BCUT2D eigenvalue weighted by molar-refractivity contribution is 6.01. The largest absolute Gasteiger partial charge is 0.379 e. The minimum absolute atomic E-state index is 0.0570. The van der Waals surface area contributed by atoms with Crippen molar-refractivity contribution in [3.05, 3.63) is 12.7 Å². The molecule has 0 aromatic rings. The third kappa shape index (κ3) is 8.62. The van der Waals surface area contributed by atoms with Crippen molar-refractivity contribution < 1.29 is 33.5 Å². The Bertz CT molecular complexity index is 573. The second-order valence-electron chi connectivity index (χ2n) is 7.14. The summed E-state index contributed by atoms with van der Waals surface area (Å²) < 4.78 is 11.4. The highest BCUT2D eigenvalue weighted by Gasteiger charge is 2.34. The average Bonchev–Trinajstić information content (AvgIpc) is 2.95. The molecule has 9 nitrogen and oxygen atoms in total. The Balaban J connectivity index is 2.31. The lowest BCUT2D eigenvalue weighted by Gasteiger charge is -2.27. The van der Waals surface area contributed by atoms with Gasteiger partial charge in [-0.15, -0.1) is 5.06 Å². The molecule has 0 spiro atoms. The third-order valence-electron chi connectivity index (χ3n) is 4.14. The minimum atomic E-state index is -0.825. The predicted octanol–water partition coefficient (Wildman–Crippen LogP) is 1.12. The summed E-state index contributed by atoms with van der Waals surface area (Å²) in [5.74, 6) is -1.85. The van der Waals surface area contributed by atoms with Gasteiger partial charge >= 0.3 is 5.97 Å². The zero-order valence-electron chi connectivity index (χ0n) is 16.8. The zero-order chi connectivity index (χ0) is 21.2. The zero-order valence-corrected chi connectivity index (χ0v) is 16.8. The normalized spacial score (nSPS) is 15.5. The SMILES string of the molecule is C=CC(=O)NCCOCC(CC)COC(C)(C)CC(=O)ON1C(=O)CCC1=O. The first kappa shape index (κ1) is 23.8. The molecular formula is C19H30N2O7. The van der Waals surface area contributed by atoms with Crippen molar-refractivity contribution in [1.82, 2.24) is 10.4 Å². The number of rotatable bonds is 13. The fourth-order valence-corrected chi connectivity index (χ4v) is 2.39. The summed E-state index contributed by atoms with van der Waals surface area (Å²) in [6, 6.07) is 0. The first-order chi connectivity index (χ1) is 13.2. The van der Waals surface area contributed by atoms with Gasteiger partial charge in [0.25, 0.3) is 11.8 Å². The Kier molecular flexibility index (Phi) is 9.81. The van der Waals surface area contributed by atoms with Gasteiger partial charge in [-0.2, -0.15) is 0 Å². The molecule has 9 heteroatoms. The molecule has 1 aliphatic rings. The average molecular weight is 398 g/mol. The fraction of sp³-hybridized carbons (Fsp3) is 0.684. The van der Waals surface area contributed by atoms with Gasteiger partial charge in [-0.05, 0) is 26.3 Å². The summed E-state index contributed by atoms with van der Waals surface area (Å²) in [6.45, 7) is 10.4. The second-order valence-corrected chi connectivity index (χ2v) is 7.14. The van der Waals surface area contributed by atoms with Crippen molar-refractivity contribution in [2.45, 2.75) is 52.1 Å². The molecule has 1 fully saturated rings. The fourth-order valence-electron chi connectivity index (χ4n) is 2.39. The molecule has 1 unspecified atom stereocenters. The summed E-state index contributed by atoms with van der Waals surface area (Å²) >= 11 is 0. The number of hydroxylamine groups is 2. The summed E-state index contributed by atoms with van der Waals surface area (Å²) in [4.78, 5) is 50.9. The highest BCUT2D eigenvalue weighted by atomic mass is 16.7. The first-order valence-electron chi connectivity index (χ1n) is 9.37. The van der Waals surface area contributed by atoms with Gasteiger partial charge in [-0.3, -0.25) is 14.4 Å². The standard InChI is InChI=1S/C19H30N2O7/c1-5-14(12-26-10-9-20-15(22)6-2)13-27-19(3,4)11-18(25)28-21-16(23)7-8-17(21)24/h6,14H,2,5,7-13H2,1,3-4H3,(H,20,22). The molecule has 1 heterocycles. The van der Waals surface area contributed by atoms with E-state index in [9.17, 15) is 19.2 Å². The molecule has 1 saturated heterocycles. The van der Waals surface area contributed by atoms with Crippen LogP contribution in [0.25, 0.3) is 0 Å². The minimum Gasteiger partial charge on any atom is -0.379 e. The highest BCUT2D eigenvalue weighted by Crippen LogP contribution is 2.20. The Morgan fingerprint density at radius 1 is 1.25 bits per heavy atom. The van der Waals surface area contributed by atoms with Crippen LogP contribution < -0.4 is 5.32 Å². The molecule has 0 aromatic carbocycles.